The number of nitrogens with zero attached hydrogens (tertiary/aromatic N) is 1. The standard InChI is InChI=1S/C23H25NO5S/c1-14-7-6-12-24(14,23(28)29)22(27)15(2)21(30-16(3)25)20(26)19-11-10-17-8-4-5-9-18(17)13-19/h4-5,8-11,13-15,21H,6-7,12H2,1-3H3/p+1/t14-,15?,21?,24?/m1/s1. The smallest absolute Gasteiger partial charge is 0.435 e. The molecule has 3 rings (SSSR count). The first-order valence-electron chi connectivity index (χ1n) is 10.0. The lowest BCUT2D eigenvalue weighted by Crippen LogP contribution is -2.61. The van der Waals surface area contributed by atoms with Gasteiger partial charge >= 0.3 is 12.0 Å². The maximum Gasteiger partial charge on any atom is 0.521 e. The van der Waals surface area contributed by atoms with Crippen LogP contribution in [0, 0.1) is 5.92 Å². The number of benzene rings is 2. The molecule has 0 spiro atoms. The van der Waals surface area contributed by atoms with Crippen molar-refractivity contribution >= 4 is 45.4 Å². The van der Waals surface area contributed by atoms with Crippen LogP contribution in [0.2, 0.25) is 0 Å². The maximum absolute atomic E-state index is 13.4. The number of amides is 2. The first-order valence-corrected chi connectivity index (χ1v) is 10.9. The Morgan fingerprint density at radius 2 is 1.77 bits per heavy atom. The molecule has 0 aliphatic carbocycles. The van der Waals surface area contributed by atoms with Crippen LogP contribution in [0.3, 0.4) is 0 Å². The molecule has 1 N–H and O–H groups in total. The summed E-state index contributed by atoms with van der Waals surface area (Å²) in [6.45, 7) is 4.88. The number of quaternary nitrogens is 1. The van der Waals surface area contributed by atoms with E-state index in [4.69, 9.17) is 0 Å². The number of ketones is 1. The third kappa shape index (κ3) is 3.91. The summed E-state index contributed by atoms with van der Waals surface area (Å²) in [6, 6.07) is 12.5. The van der Waals surface area contributed by atoms with E-state index in [0.717, 1.165) is 22.5 Å². The molecule has 0 aromatic heterocycles. The predicted octanol–water partition coefficient (Wildman–Crippen LogP) is 4.51. The van der Waals surface area contributed by atoms with Crippen molar-refractivity contribution in [2.24, 2.45) is 5.92 Å². The van der Waals surface area contributed by atoms with Crippen LogP contribution in [0.4, 0.5) is 4.79 Å². The quantitative estimate of drug-likeness (QED) is 0.557. The number of carbonyl (C=O) groups is 4. The highest BCUT2D eigenvalue weighted by Crippen LogP contribution is 2.34. The zero-order valence-electron chi connectivity index (χ0n) is 17.3. The summed E-state index contributed by atoms with van der Waals surface area (Å²) in [5, 5.41) is 10.5. The van der Waals surface area contributed by atoms with E-state index in [1.54, 1.807) is 26.0 Å². The second-order valence-electron chi connectivity index (χ2n) is 7.95. The molecule has 2 amide bonds. The predicted molar refractivity (Wildman–Crippen MR) is 116 cm³/mol. The molecule has 30 heavy (non-hydrogen) atoms. The average molecular weight is 429 g/mol. The Balaban J connectivity index is 1.98. The largest absolute Gasteiger partial charge is 0.521 e. The van der Waals surface area contributed by atoms with Gasteiger partial charge in [-0.15, -0.1) is 0 Å². The number of likely N-dealkylation sites (tertiary alicyclic amines) is 1. The number of thioether (sulfide) groups is 1. The monoisotopic (exact) mass is 428 g/mol. The van der Waals surface area contributed by atoms with E-state index in [1.165, 1.54) is 6.92 Å². The van der Waals surface area contributed by atoms with Crippen LogP contribution >= 0.6 is 11.8 Å². The Bertz CT molecular complexity index is 1020. The van der Waals surface area contributed by atoms with Crippen LogP contribution in [0.5, 0.6) is 0 Å². The van der Waals surface area contributed by atoms with Crippen molar-refractivity contribution in [1.29, 1.82) is 0 Å². The Morgan fingerprint density at radius 3 is 2.33 bits per heavy atom. The van der Waals surface area contributed by atoms with Gasteiger partial charge < -0.3 is 5.11 Å². The van der Waals surface area contributed by atoms with Gasteiger partial charge in [0.25, 0.3) is 0 Å². The van der Waals surface area contributed by atoms with Crippen LogP contribution < -0.4 is 0 Å². The molecule has 1 saturated heterocycles. The van der Waals surface area contributed by atoms with Gasteiger partial charge in [0.2, 0.25) is 0 Å². The first kappa shape index (κ1) is 22.2. The number of Topliss-reactive ketones (excluding diaryl/α,β-unsaturated/α-hetero) is 1. The van der Waals surface area contributed by atoms with Crippen LogP contribution in [-0.4, -0.2) is 50.3 Å². The number of hydrogen-bond acceptors (Lipinski definition) is 5. The third-order valence-corrected chi connectivity index (χ3v) is 7.26. The van der Waals surface area contributed by atoms with Crippen LogP contribution in [0.25, 0.3) is 10.8 Å². The lowest BCUT2D eigenvalue weighted by molar-refractivity contribution is -0.794. The van der Waals surface area contributed by atoms with Crippen LogP contribution in [0.1, 0.15) is 44.0 Å². The highest BCUT2D eigenvalue weighted by molar-refractivity contribution is 8.14. The lowest BCUT2D eigenvalue weighted by atomic mass is 9.95. The van der Waals surface area contributed by atoms with Gasteiger partial charge in [-0.3, -0.25) is 9.59 Å². The fraction of sp³-hybridized carbons (Fsp3) is 0.391. The van der Waals surface area contributed by atoms with E-state index >= 15 is 0 Å². The first-order chi connectivity index (χ1) is 14.2. The van der Waals surface area contributed by atoms with E-state index < -0.39 is 27.7 Å². The number of carboxylic acid groups (broad SMARTS) is 1. The second-order valence-corrected chi connectivity index (χ2v) is 9.27. The SMILES string of the molecule is CC(=O)SC(C(=O)c1ccc2ccccc2c1)C(C)C(=O)[N+]1(C(=O)O)CCC[C@H]1C. The van der Waals surface area contributed by atoms with Crippen LogP contribution in [-0.2, 0) is 9.59 Å². The summed E-state index contributed by atoms with van der Waals surface area (Å²) in [6.07, 6.45) is 0.0738. The summed E-state index contributed by atoms with van der Waals surface area (Å²) in [7, 11) is 0. The van der Waals surface area contributed by atoms with Gasteiger partial charge in [-0.1, -0.05) is 48.2 Å². The second kappa shape index (κ2) is 8.70. The Labute approximate surface area is 179 Å². The van der Waals surface area contributed by atoms with Crippen molar-refractivity contribution in [3.05, 3.63) is 48.0 Å². The zero-order valence-corrected chi connectivity index (χ0v) is 18.1. The molecule has 0 saturated carbocycles. The summed E-state index contributed by atoms with van der Waals surface area (Å²) in [5.41, 5.74) is 0.406. The van der Waals surface area contributed by atoms with Gasteiger partial charge in [0, 0.05) is 25.3 Å². The van der Waals surface area contributed by atoms with E-state index in [0.29, 0.717) is 18.4 Å². The van der Waals surface area contributed by atoms with E-state index in [2.05, 4.69) is 0 Å². The fourth-order valence-electron chi connectivity index (χ4n) is 4.34. The van der Waals surface area contributed by atoms with E-state index in [-0.39, 0.29) is 23.5 Å². The molecule has 1 fully saturated rings. The van der Waals surface area contributed by atoms with Gasteiger partial charge in [0.05, 0.1) is 17.7 Å². The van der Waals surface area contributed by atoms with Crippen molar-refractivity contribution in [3.8, 4) is 0 Å². The molecule has 4 atom stereocenters. The highest BCUT2D eigenvalue weighted by atomic mass is 32.2. The summed E-state index contributed by atoms with van der Waals surface area (Å²) in [5.74, 6) is -1.77. The maximum atomic E-state index is 13.4. The zero-order chi connectivity index (χ0) is 22.1. The Kier molecular flexibility index (Phi) is 6.43. The summed E-state index contributed by atoms with van der Waals surface area (Å²) < 4.78 is -0.679. The molecular formula is C23H26NO5S+. The molecule has 1 aliphatic rings. The van der Waals surface area contributed by atoms with Crippen molar-refractivity contribution < 1.29 is 28.8 Å². The highest BCUT2D eigenvalue weighted by Gasteiger charge is 2.56. The van der Waals surface area contributed by atoms with Crippen molar-refractivity contribution in [3.63, 3.8) is 0 Å². The molecule has 158 valence electrons. The molecule has 6 nitrogen and oxygen atoms in total. The normalized spacial score (nSPS) is 23.1. The molecule has 1 aliphatic heterocycles. The van der Waals surface area contributed by atoms with Gasteiger partial charge in [0.15, 0.2) is 10.9 Å². The molecule has 0 bridgehead atoms. The van der Waals surface area contributed by atoms with Gasteiger partial charge in [-0.25, -0.2) is 4.79 Å². The Hall–Kier alpha value is -2.51. The topological polar surface area (TPSA) is 88.5 Å². The van der Waals surface area contributed by atoms with Crippen molar-refractivity contribution in [2.75, 3.05) is 6.54 Å². The van der Waals surface area contributed by atoms with Gasteiger partial charge in [-0.05, 0) is 30.7 Å². The number of rotatable bonds is 5. The van der Waals surface area contributed by atoms with E-state index in [9.17, 15) is 24.3 Å². The lowest BCUT2D eigenvalue weighted by Gasteiger charge is -2.33. The minimum absolute atomic E-state index is 0.210. The number of imide groups is 1. The minimum atomic E-state index is -1.19. The molecule has 1 heterocycles. The summed E-state index contributed by atoms with van der Waals surface area (Å²) in [4.78, 5) is 50.8. The minimum Gasteiger partial charge on any atom is -0.435 e. The number of hydrogen-bond donors (Lipinski definition) is 1. The van der Waals surface area contributed by atoms with Gasteiger partial charge in [0.1, 0.15) is 6.04 Å². The molecule has 2 aromatic rings. The number of carbonyl (C=O) groups excluding carboxylic acids is 3. The number of fused-ring (bicyclic) bond motifs is 1. The van der Waals surface area contributed by atoms with E-state index in [1.807, 2.05) is 30.3 Å². The summed E-state index contributed by atoms with van der Waals surface area (Å²) >= 11 is 0.803. The molecule has 2 aromatic carbocycles. The fourth-order valence-corrected chi connectivity index (χ4v) is 5.27. The van der Waals surface area contributed by atoms with Crippen LogP contribution in [0.15, 0.2) is 42.5 Å². The third-order valence-electron chi connectivity index (χ3n) is 6.05. The molecule has 0 radical (unpaired) electrons. The molecule has 3 unspecified atom stereocenters. The molecule has 7 heteroatoms. The van der Waals surface area contributed by atoms with Crippen molar-refractivity contribution in [2.45, 2.75) is 44.9 Å². The average Bonchev–Trinajstić information content (AvgIpc) is 3.12. The molecular weight excluding hydrogens is 402 g/mol. The van der Waals surface area contributed by atoms with Crippen molar-refractivity contribution in [1.82, 2.24) is 0 Å². The van der Waals surface area contributed by atoms with Gasteiger partial charge in [-0.2, -0.15) is 9.28 Å². The Morgan fingerprint density at radius 1 is 1.10 bits per heavy atom.